The molecule has 0 aliphatic heterocycles. The highest BCUT2D eigenvalue weighted by molar-refractivity contribution is 9.10. The minimum absolute atomic E-state index is 0.326. The van der Waals surface area contributed by atoms with Gasteiger partial charge in [-0.1, -0.05) is 0 Å². The van der Waals surface area contributed by atoms with Gasteiger partial charge in [-0.3, -0.25) is 0 Å². The molecule has 0 saturated carbocycles. The van der Waals surface area contributed by atoms with Gasteiger partial charge in [-0.05, 0) is 34.1 Å². The monoisotopic (exact) mass is 282 g/mol. The van der Waals surface area contributed by atoms with Crippen molar-refractivity contribution < 1.29 is 4.39 Å². The lowest BCUT2D eigenvalue weighted by Gasteiger charge is -2.07. The molecule has 3 N–H and O–H groups in total. The van der Waals surface area contributed by atoms with E-state index in [0.29, 0.717) is 17.3 Å². The van der Waals surface area contributed by atoms with Gasteiger partial charge in [0.05, 0.1) is 5.69 Å². The van der Waals surface area contributed by atoms with Gasteiger partial charge in [0.2, 0.25) is 0 Å². The molecule has 0 amide bonds. The quantitative estimate of drug-likeness (QED) is 0.889. The fourth-order valence-corrected chi connectivity index (χ4v) is 1.52. The second kappa shape index (κ2) is 4.44. The third-order valence-corrected chi connectivity index (χ3v) is 2.57. The lowest BCUT2D eigenvalue weighted by Crippen LogP contribution is -1.98. The summed E-state index contributed by atoms with van der Waals surface area (Å²) in [6.07, 6.45) is 1.34. The summed E-state index contributed by atoms with van der Waals surface area (Å²) < 4.78 is 13.8. The van der Waals surface area contributed by atoms with Gasteiger partial charge in [0.25, 0.3) is 0 Å². The zero-order valence-electron chi connectivity index (χ0n) is 8.11. The van der Waals surface area contributed by atoms with E-state index in [1.807, 2.05) is 0 Å². The van der Waals surface area contributed by atoms with Crippen LogP contribution in [-0.4, -0.2) is 9.97 Å². The van der Waals surface area contributed by atoms with Crippen LogP contribution in [0.5, 0.6) is 0 Å². The summed E-state index contributed by atoms with van der Waals surface area (Å²) in [4.78, 5) is 7.72. The fraction of sp³-hybridized carbons (Fsp3) is 0. The number of hydrogen-bond acceptors (Lipinski definition) is 4. The Bertz CT molecular complexity index is 518. The predicted molar refractivity (Wildman–Crippen MR) is 63.8 cm³/mol. The molecule has 0 atom stereocenters. The molecule has 4 nitrogen and oxygen atoms in total. The van der Waals surface area contributed by atoms with Crippen LogP contribution in [-0.2, 0) is 0 Å². The Kier molecular flexibility index (Phi) is 3.00. The maximum atomic E-state index is 13.0. The molecule has 2 aromatic rings. The van der Waals surface area contributed by atoms with E-state index in [9.17, 15) is 4.39 Å². The maximum absolute atomic E-state index is 13.0. The predicted octanol–water partition coefficient (Wildman–Crippen LogP) is 2.70. The van der Waals surface area contributed by atoms with Crippen molar-refractivity contribution in [3.05, 3.63) is 40.9 Å². The number of nitrogens with two attached hydrogens (primary N) is 1. The molecule has 0 saturated heterocycles. The molecule has 2 rings (SSSR count). The van der Waals surface area contributed by atoms with Crippen LogP contribution in [0.4, 0.5) is 21.7 Å². The number of halogens is 2. The van der Waals surface area contributed by atoms with E-state index in [1.165, 1.54) is 18.5 Å². The highest BCUT2D eigenvalue weighted by Gasteiger charge is 2.03. The number of nitrogens with one attached hydrogen (secondary N) is 1. The zero-order valence-corrected chi connectivity index (χ0v) is 9.70. The number of anilines is 3. The fourth-order valence-electron chi connectivity index (χ4n) is 1.17. The summed E-state index contributed by atoms with van der Waals surface area (Å²) in [6.45, 7) is 0. The van der Waals surface area contributed by atoms with Gasteiger partial charge in [-0.25, -0.2) is 14.4 Å². The number of nitrogens with zero attached hydrogens (tertiary/aromatic N) is 2. The second-order valence-electron chi connectivity index (χ2n) is 3.08. The molecule has 0 unspecified atom stereocenters. The number of aromatic nitrogens is 2. The summed E-state index contributed by atoms with van der Waals surface area (Å²) >= 11 is 3.30. The van der Waals surface area contributed by atoms with Crippen LogP contribution in [0.3, 0.4) is 0 Å². The first-order chi connectivity index (χ1) is 7.65. The summed E-state index contributed by atoms with van der Waals surface area (Å²) in [7, 11) is 0. The maximum Gasteiger partial charge on any atom is 0.135 e. The third-order valence-electron chi connectivity index (χ3n) is 1.88. The highest BCUT2D eigenvalue weighted by atomic mass is 79.9. The standard InChI is InChI=1S/C10H8BrFN4/c11-7-2-1-6(12)3-8(7)16-10-4-9(13)14-5-15-10/h1-5H,(H3,13,14,15,16). The lowest BCUT2D eigenvalue weighted by molar-refractivity contribution is 0.628. The molecule has 6 heteroatoms. The number of rotatable bonds is 2. The van der Waals surface area contributed by atoms with E-state index in [-0.39, 0.29) is 5.82 Å². The van der Waals surface area contributed by atoms with E-state index in [4.69, 9.17) is 5.73 Å². The van der Waals surface area contributed by atoms with Gasteiger partial charge in [0.1, 0.15) is 23.8 Å². The molecule has 0 aliphatic rings. The van der Waals surface area contributed by atoms with E-state index in [0.717, 1.165) is 4.47 Å². The molecule has 0 radical (unpaired) electrons. The van der Waals surface area contributed by atoms with Crippen molar-refractivity contribution in [1.82, 2.24) is 9.97 Å². The van der Waals surface area contributed by atoms with Gasteiger partial charge >= 0.3 is 0 Å². The van der Waals surface area contributed by atoms with Gasteiger partial charge in [0.15, 0.2) is 0 Å². The van der Waals surface area contributed by atoms with E-state index >= 15 is 0 Å². The van der Waals surface area contributed by atoms with Crippen molar-refractivity contribution in [2.45, 2.75) is 0 Å². The van der Waals surface area contributed by atoms with E-state index in [1.54, 1.807) is 12.1 Å². The molecule has 0 fully saturated rings. The summed E-state index contributed by atoms with van der Waals surface area (Å²) in [5.74, 6) is 0.538. The van der Waals surface area contributed by atoms with Crippen LogP contribution in [0.25, 0.3) is 0 Å². The third kappa shape index (κ3) is 2.46. The summed E-state index contributed by atoms with van der Waals surface area (Å²) in [5.41, 5.74) is 6.08. The van der Waals surface area contributed by atoms with Crippen molar-refractivity contribution in [2.75, 3.05) is 11.1 Å². The van der Waals surface area contributed by atoms with Crippen LogP contribution < -0.4 is 11.1 Å². The molecule has 0 spiro atoms. The Morgan fingerprint density at radius 1 is 1.25 bits per heavy atom. The molecule has 16 heavy (non-hydrogen) atoms. The lowest BCUT2D eigenvalue weighted by atomic mass is 10.3. The summed E-state index contributed by atoms with van der Waals surface area (Å²) in [6, 6.07) is 5.91. The van der Waals surface area contributed by atoms with Crippen LogP contribution in [0.2, 0.25) is 0 Å². The molecule has 0 bridgehead atoms. The minimum Gasteiger partial charge on any atom is -0.384 e. The van der Waals surface area contributed by atoms with Crippen molar-refractivity contribution in [3.8, 4) is 0 Å². The molecule has 0 aliphatic carbocycles. The average Bonchev–Trinajstić information content (AvgIpc) is 2.24. The molecule has 1 aromatic carbocycles. The first-order valence-electron chi connectivity index (χ1n) is 4.45. The minimum atomic E-state index is -0.326. The van der Waals surface area contributed by atoms with Crippen molar-refractivity contribution in [3.63, 3.8) is 0 Å². The smallest absolute Gasteiger partial charge is 0.135 e. The SMILES string of the molecule is Nc1cc(Nc2cc(F)ccc2Br)ncn1. The van der Waals surface area contributed by atoms with Crippen molar-refractivity contribution >= 4 is 33.3 Å². The van der Waals surface area contributed by atoms with E-state index in [2.05, 4.69) is 31.2 Å². The van der Waals surface area contributed by atoms with Crippen molar-refractivity contribution in [1.29, 1.82) is 0 Å². The van der Waals surface area contributed by atoms with Gasteiger partial charge in [0, 0.05) is 10.5 Å². The Morgan fingerprint density at radius 2 is 2.06 bits per heavy atom. The van der Waals surface area contributed by atoms with Crippen LogP contribution >= 0.6 is 15.9 Å². The van der Waals surface area contributed by atoms with Crippen LogP contribution in [0.1, 0.15) is 0 Å². The molecular weight excluding hydrogens is 275 g/mol. The Morgan fingerprint density at radius 3 is 2.81 bits per heavy atom. The van der Waals surface area contributed by atoms with Crippen LogP contribution in [0.15, 0.2) is 35.1 Å². The summed E-state index contributed by atoms with van der Waals surface area (Å²) in [5, 5.41) is 2.94. The van der Waals surface area contributed by atoms with Crippen LogP contribution in [0, 0.1) is 5.82 Å². The van der Waals surface area contributed by atoms with E-state index < -0.39 is 0 Å². The Hall–Kier alpha value is -1.69. The number of benzene rings is 1. The topological polar surface area (TPSA) is 63.8 Å². The first kappa shape index (κ1) is 10.8. The number of nitrogen functional groups attached to an aromatic ring is 1. The largest absolute Gasteiger partial charge is 0.384 e. The number of hydrogen-bond donors (Lipinski definition) is 2. The van der Waals surface area contributed by atoms with Gasteiger partial charge in [-0.2, -0.15) is 0 Å². The molecule has 1 aromatic heterocycles. The first-order valence-corrected chi connectivity index (χ1v) is 5.24. The van der Waals surface area contributed by atoms with Gasteiger partial charge in [-0.15, -0.1) is 0 Å². The Balaban J connectivity index is 2.30. The highest BCUT2D eigenvalue weighted by Crippen LogP contribution is 2.25. The molecule has 1 heterocycles. The molecule has 82 valence electrons. The molecular formula is C10H8BrFN4. The Labute approximate surface area is 99.9 Å². The second-order valence-corrected chi connectivity index (χ2v) is 3.93. The normalized spacial score (nSPS) is 10.1. The zero-order chi connectivity index (χ0) is 11.5. The van der Waals surface area contributed by atoms with Crippen molar-refractivity contribution in [2.24, 2.45) is 0 Å². The average molecular weight is 283 g/mol. The van der Waals surface area contributed by atoms with Gasteiger partial charge < -0.3 is 11.1 Å².